The normalized spacial score (nSPS) is 11.1. The highest BCUT2D eigenvalue weighted by atomic mass is 19.4. The van der Waals surface area contributed by atoms with Crippen molar-refractivity contribution in [3.63, 3.8) is 0 Å². The van der Waals surface area contributed by atoms with Gasteiger partial charge in [-0.2, -0.15) is 13.2 Å². The lowest BCUT2D eigenvalue weighted by Crippen LogP contribution is -2.14. The lowest BCUT2D eigenvalue weighted by molar-refractivity contribution is -0.137. The summed E-state index contributed by atoms with van der Waals surface area (Å²) < 4.78 is 44.3. The van der Waals surface area contributed by atoms with Gasteiger partial charge in [-0.25, -0.2) is 0 Å². The van der Waals surface area contributed by atoms with Gasteiger partial charge in [-0.1, -0.05) is 38.7 Å². The number of ether oxygens (including phenoxy) is 1. The number of hydrogen-bond donors (Lipinski definition) is 2. The molecule has 0 atom stereocenters. The molecule has 0 spiro atoms. The first-order chi connectivity index (χ1) is 17.3. The van der Waals surface area contributed by atoms with E-state index < -0.39 is 17.6 Å². The van der Waals surface area contributed by atoms with Crippen LogP contribution in [0.5, 0.6) is 5.75 Å². The van der Waals surface area contributed by atoms with Crippen molar-refractivity contribution in [2.75, 3.05) is 17.2 Å². The zero-order chi connectivity index (χ0) is 26.0. The SMILES string of the molecule is CCCCCCCOc1ccc(C(=O)Nc2ccc(C(=O)Nc3cccc(C(F)(F)F)c3)cc2)cc1. The van der Waals surface area contributed by atoms with Crippen LogP contribution in [0, 0.1) is 0 Å². The third-order valence-electron chi connectivity index (χ3n) is 5.49. The van der Waals surface area contributed by atoms with Gasteiger partial charge in [0.15, 0.2) is 0 Å². The van der Waals surface area contributed by atoms with Crippen LogP contribution in [0.1, 0.15) is 65.3 Å². The zero-order valence-electron chi connectivity index (χ0n) is 20.0. The molecule has 5 nitrogen and oxygen atoms in total. The number of anilines is 2. The smallest absolute Gasteiger partial charge is 0.416 e. The highest BCUT2D eigenvalue weighted by Crippen LogP contribution is 2.30. The molecule has 3 rings (SSSR count). The average molecular weight is 499 g/mol. The van der Waals surface area contributed by atoms with E-state index in [1.54, 1.807) is 36.4 Å². The molecule has 3 aromatic rings. The molecule has 0 aliphatic rings. The van der Waals surface area contributed by atoms with E-state index in [1.807, 2.05) is 0 Å². The highest BCUT2D eigenvalue weighted by molar-refractivity contribution is 6.06. The van der Waals surface area contributed by atoms with Crippen molar-refractivity contribution in [1.29, 1.82) is 0 Å². The molecule has 2 N–H and O–H groups in total. The second-order valence-electron chi connectivity index (χ2n) is 8.35. The summed E-state index contributed by atoms with van der Waals surface area (Å²) in [6, 6.07) is 17.3. The number of carbonyl (C=O) groups is 2. The highest BCUT2D eigenvalue weighted by Gasteiger charge is 2.30. The molecule has 2 amide bonds. The predicted molar refractivity (Wildman–Crippen MR) is 134 cm³/mol. The fourth-order valence-electron chi connectivity index (χ4n) is 3.48. The number of amides is 2. The number of alkyl halides is 3. The van der Waals surface area contributed by atoms with Crippen LogP contribution in [-0.4, -0.2) is 18.4 Å². The molecule has 190 valence electrons. The van der Waals surface area contributed by atoms with Gasteiger partial charge < -0.3 is 15.4 Å². The summed E-state index contributed by atoms with van der Waals surface area (Å²) in [5.41, 5.74) is 0.359. The molecule has 0 radical (unpaired) electrons. The maximum atomic E-state index is 12.9. The molecule has 0 unspecified atom stereocenters. The molecule has 36 heavy (non-hydrogen) atoms. The van der Waals surface area contributed by atoms with Crippen molar-refractivity contribution in [2.24, 2.45) is 0 Å². The van der Waals surface area contributed by atoms with Crippen molar-refractivity contribution in [1.82, 2.24) is 0 Å². The van der Waals surface area contributed by atoms with Gasteiger partial charge >= 0.3 is 6.18 Å². The lowest BCUT2D eigenvalue weighted by atomic mass is 10.1. The monoisotopic (exact) mass is 498 g/mol. The van der Waals surface area contributed by atoms with Crippen LogP contribution in [-0.2, 0) is 6.18 Å². The standard InChI is InChI=1S/C28H29F3N2O3/c1-2-3-4-5-6-18-36-25-16-12-21(13-17-25)26(34)32-23-14-10-20(11-15-23)27(35)33-24-9-7-8-22(19-24)28(29,30)31/h7-17,19H,2-6,18H2,1H3,(H,32,34)(H,33,35). The first kappa shape index (κ1) is 26.8. The topological polar surface area (TPSA) is 67.4 Å². The summed E-state index contributed by atoms with van der Waals surface area (Å²) in [6.07, 6.45) is 1.28. The Morgan fingerprint density at radius 2 is 1.33 bits per heavy atom. The Kier molecular flexibility index (Phi) is 9.50. The van der Waals surface area contributed by atoms with Gasteiger partial charge in [0.1, 0.15) is 5.75 Å². The Morgan fingerprint density at radius 1 is 0.750 bits per heavy atom. The van der Waals surface area contributed by atoms with E-state index in [-0.39, 0.29) is 17.2 Å². The minimum absolute atomic E-state index is 0.0381. The van der Waals surface area contributed by atoms with Crippen LogP contribution >= 0.6 is 0 Å². The van der Waals surface area contributed by atoms with Gasteiger partial charge in [-0.15, -0.1) is 0 Å². The van der Waals surface area contributed by atoms with Gasteiger partial charge in [0.25, 0.3) is 11.8 Å². The third-order valence-corrected chi connectivity index (χ3v) is 5.49. The quantitative estimate of drug-likeness (QED) is 0.268. The molecule has 3 aromatic carbocycles. The molecule has 8 heteroatoms. The minimum Gasteiger partial charge on any atom is -0.494 e. The molecule has 0 bridgehead atoms. The number of rotatable bonds is 11. The molecule has 0 aliphatic heterocycles. The Morgan fingerprint density at radius 3 is 1.94 bits per heavy atom. The van der Waals surface area contributed by atoms with Crippen molar-refractivity contribution in [3.8, 4) is 5.75 Å². The maximum Gasteiger partial charge on any atom is 0.416 e. The number of nitrogens with one attached hydrogen (secondary N) is 2. The molecule has 0 aliphatic carbocycles. The Balaban J connectivity index is 1.50. The van der Waals surface area contributed by atoms with Crippen molar-refractivity contribution >= 4 is 23.2 Å². The van der Waals surface area contributed by atoms with E-state index in [2.05, 4.69) is 17.6 Å². The lowest BCUT2D eigenvalue weighted by Gasteiger charge is -2.11. The van der Waals surface area contributed by atoms with Crippen LogP contribution < -0.4 is 15.4 Å². The molecule has 0 heterocycles. The van der Waals surface area contributed by atoms with Crippen LogP contribution in [0.4, 0.5) is 24.5 Å². The van der Waals surface area contributed by atoms with Gasteiger partial charge in [0.2, 0.25) is 0 Å². The summed E-state index contributed by atoms with van der Waals surface area (Å²) in [5, 5.41) is 5.20. The molecular weight excluding hydrogens is 469 g/mol. The first-order valence-electron chi connectivity index (χ1n) is 11.9. The number of benzene rings is 3. The number of hydrogen-bond acceptors (Lipinski definition) is 3. The van der Waals surface area contributed by atoms with Gasteiger partial charge in [-0.3, -0.25) is 9.59 Å². The molecule has 0 fully saturated rings. The fourth-order valence-corrected chi connectivity index (χ4v) is 3.48. The average Bonchev–Trinajstić information content (AvgIpc) is 2.86. The zero-order valence-corrected chi connectivity index (χ0v) is 20.0. The molecular formula is C28H29F3N2O3. The summed E-state index contributed by atoms with van der Waals surface area (Å²) >= 11 is 0. The van der Waals surface area contributed by atoms with E-state index in [4.69, 9.17) is 4.74 Å². The number of halogens is 3. The van der Waals surface area contributed by atoms with Crippen molar-refractivity contribution < 1.29 is 27.5 Å². The molecule has 0 aromatic heterocycles. The van der Waals surface area contributed by atoms with E-state index >= 15 is 0 Å². The second kappa shape index (κ2) is 12.8. The van der Waals surface area contributed by atoms with E-state index in [9.17, 15) is 22.8 Å². The van der Waals surface area contributed by atoms with Crippen LogP contribution in [0.2, 0.25) is 0 Å². The van der Waals surface area contributed by atoms with Gasteiger partial charge in [0, 0.05) is 22.5 Å². The molecule has 0 saturated carbocycles. The Bertz CT molecular complexity index is 1140. The summed E-state index contributed by atoms with van der Waals surface area (Å²) in [5.74, 6) is -0.173. The Labute approximate surface area is 208 Å². The first-order valence-corrected chi connectivity index (χ1v) is 11.9. The van der Waals surface area contributed by atoms with Crippen LogP contribution in [0.25, 0.3) is 0 Å². The van der Waals surface area contributed by atoms with Gasteiger partial charge in [0.05, 0.1) is 12.2 Å². The maximum absolute atomic E-state index is 12.9. The number of unbranched alkanes of at least 4 members (excludes halogenated alkanes) is 4. The minimum atomic E-state index is -4.50. The molecule has 0 saturated heterocycles. The van der Waals surface area contributed by atoms with Gasteiger partial charge in [-0.05, 0) is 73.2 Å². The predicted octanol–water partition coefficient (Wildman–Crippen LogP) is 7.56. The van der Waals surface area contributed by atoms with Crippen LogP contribution in [0.15, 0.2) is 72.8 Å². The summed E-state index contributed by atoms with van der Waals surface area (Å²) in [7, 11) is 0. The van der Waals surface area contributed by atoms with Crippen molar-refractivity contribution in [3.05, 3.63) is 89.5 Å². The fraction of sp³-hybridized carbons (Fsp3) is 0.286. The summed E-state index contributed by atoms with van der Waals surface area (Å²) in [4.78, 5) is 24.9. The van der Waals surface area contributed by atoms with Crippen molar-refractivity contribution in [2.45, 2.75) is 45.2 Å². The largest absolute Gasteiger partial charge is 0.494 e. The van der Waals surface area contributed by atoms with E-state index in [1.165, 1.54) is 43.5 Å². The van der Waals surface area contributed by atoms with E-state index in [0.29, 0.717) is 23.6 Å². The number of carbonyl (C=O) groups excluding carboxylic acids is 2. The second-order valence-corrected chi connectivity index (χ2v) is 8.35. The van der Waals surface area contributed by atoms with E-state index in [0.717, 1.165) is 25.0 Å². The Hall–Kier alpha value is -3.81. The summed E-state index contributed by atoms with van der Waals surface area (Å²) in [6.45, 7) is 2.82. The van der Waals surface area contributed by atoms with Crippen LogP contribution in [0.3, 0.4) is 0 Å². The third kappa shape index (κ3) is 8.15.